The molecule has 4 nitrogen and oxygen atoms in total. The van der Waals surface area contributed by atoms with Gasteiger partial charge in [-0.25, -0.2) is 13.2 Å². The van der Waals surface area contributed by atoms with Crippen LogP contribution in [0.3, 0.4) is 0 Å². The number of nitrogens with two attached hydrogens (primary N) is 1. The van der Waals surface area contributed by atoms with Gasteiger partial charge in [0.2, 0.25) is 0 Å². The average Bonchev–Trinajstić information content (AvgIpc) is 2.87. The first-order chi connectivity index (χ1) is 9.50. The van der Waals surface area contributed by atoms with E-state index in [0.717, 1.165) is 12.5 Å². The molecular formula is C13H13F3N2O2. The van der Waals surface area contributed by atoms with Gasteiger partial charge < -0.3 is 15.8 Å². The molecule has 1 saturated carbocycles. The zero-order valence-electron chi connectivity index (χ0n) is 10.4. The minimum absolute atomic E-state index is 0.178. The molecule has 1 aromatic carbocycles. The molecule has 7 heteroatoms. The summed E-state index contributed by atoms with van der Waals surface area (Å²) in [5.74, 6) is -5.13. The van der Waals surface area contributed by atoms with Crippen molar-refractivity contribution in [1.82, 2.24) is 5.32 Å². The lowest BCUT2D eigenvalue weighted by Crippen LogP contribution is -2.69. The topological polar surface area (TPSA) is 64.3 Å². The second-order valence-corrected chi connectivity index (χ2v) is 5.09. The third-order valence-electron chi connectivity index (χ3n) is 4.02. The second-order valence-electron chi connectivity index (χ2n) is 5.09. The number of carbonyl (C=O) groups excluding carboxylic acids is 1. The molecule has 108 valence electrons. The molecule has 0 radical (unpaired) electrons. The number of halogens is 3. The fourth-order valence-electron chi connectivity index (χ4n) is 2.86. The summed E-state index contributed by atoms with van der Waals surface area (Å²) in [6.07, 6.45) is 0.653. The average molecular weight is 286 g/mol. The monoisotopic (exact) mass is 286 g/mol. The quantitative estimate of drug-likeness (QED) is 0.796. The minimum atomic E-state index is -1.66. The molecule has 2 fully saturated rings. The lowest BCUT2D eigenvalue weighted by Gasteiger charge is -2.45. The summed E-state index contributed by atoms with van der Waals surface area (Å²) in [5, 5.41) is 2.52. The highest BCUT2D eigenvalue weighted by Gasteiger charge is 2.52. The zero-order valence-corrected chi connectivity index (χ0v) is 10.4. The highest BCUT2D eigenvalue weighted by atomic mass is 19.2. The Labute approximate surface area is 113 Å². The molecule has 1 heterocycles. The fourth-order valence-corrected chi connectivity index (χ4v) is 2.86. The summed E-state index contributed by atoms with van der Waals surface area (Å²) in [5.41, 5.74) is 5.36. The summed E-state index contributed by atoms with van der Waals surface area (Å²) in [7, 11) is 0. The predicted octanol–water partition coefficient (Wildman–Crippen LogP) is 0.948. The lowest BCUT2D eigenvalue weighted by atomic mass is 9.72. The van der Waals surface area contributed by atoms with Crippen molar-refractivity contribution in [2.24, 2.45) is 11.7 Å². The van der Waals surface area contributed by atoms with Crippen LogP contribution in [0.5, 0.6) is 0 Å². The lowest BCUT2D eigenvalue weighted by molar-refractivity contribution is -0.0161. The van der Waals surface area contributed by atoms with Crippen LogP contribution < -0.4 is 11.1 Å². The third kappa shape index (κ3) is 1.89. The number of hydrogen-bond donors (Lipinski definition) is 2. The van der Waals surface area contributed by atoms with Crippen molar-refractivity contribution in [2.75, 3.05) is 6.61 Å². The Hall–Kier alpha value is -1.60. The van der Waals surface area contributed by atoms with E-state index < -0.39 is 35.0 Å². The van der Waals surface area contributed by atoms with Gasteiger partial charge in [0, 0.05) is 18.6 Å². The first-order valence-corrected chi connectivity index (χ1v) is 6.32. The van der Waals surface area contributed by atoms with Gasteiger partial charge in [-0.2, -0.15) is 0 Å². The Morgan fingerprint density at radius 1 is 1.30 bits per heavy atom. The van der Waals surface area contributed by atoms with Crippen LogP contribution in [0.25, 0.3) is 0 Å². The number of carbonyl (C=O) groups is 1. The van der Waals surface area contributed by atoms with Crippen molar-refractivity contribution in [3.63, 3.8) is 0 Å². The first kappa shape index (κ1) is 13.4. The van der Waals surface area contributed by atoms with Crippen LogP contribution in [0, 0.1) is 23.4 Å². The van der Waals surface area contributed by atoms with E-state index >= 15 is 0 Å². The number of benzene rings is 1. The summed E-state index contributed by atoms with van der Waals surface area (Å²) in [6, 6.07) is 0.922. The molecule has 3 N–H and O–H groups in total. The molecule has 0 spiro atoms. The van der Waals surface area contributed by atoms with Gasteiger partial charge in [0.15, 0.2) is 17.5 Å². The van der Waals surface area contributed by atoms with E-state index in [4.69, 9.17) is 10.5 Å². The van der Waals surface area contributed by atoms with Crippen LogP contribution in [0.15, 0.2) is 12.1 Å². The van der Waals surface area contributed by atoms with Gasteiger partial charge >= 0.3 is 0 Å². The van der Waals surface area contributed by atoms with Crippen molar-refractivity contribution >= 4 is 5.91 Å². The van der Waals surface area contributed by atoms with Gasteiger partial charge in [-0.1, -0.05) is 0 Å². The standard InChI is InChI=1S/C13H13F3N2O2/c14-7-2-1-5(8(15)9(7)16)13(19)18-11-10(17)6-3-4-20-12(6)11/h1-2,6,10-12H,3-4,17H2,(H,18,19). The maximum Gasteiger partial charge on any atom is 0.254 e. The molecule has 1 aliphatic heterocycles. The minimum Gasteiger partial charge on any atom is -0.376 e. The van der Waals surface area contributed by atoms with Gasteiger partial charge in [-0.05, 0) is 18.6 Å². The summed E-state index contributed by atoms with van der Waals surface area (Å²) >= 11 is 0. The van der Waals surface area contributed by atoms with Crippen molar-refractivity contribution in [3.05, 3.63) is 35.1 Å². The molecule has 4 unspecified atom stereocenters. The van der Waals surface area contributed by atoms with E-state index in [0.29, 0.717) is 12.7 Å². The van der Waals surface area contributed by atoms with Crippen LogP contribution >= 0.6 is 0 Å². The van der Waals surface area contributed by atoms with Crippen molar-refractivity contribution < 1.29 is 22.7 Å². The number of hydrogen-bond acceptors (Lipinski definition) is 3. The second kappa shape index (κ2) is 4.75. The van der Waals surface area contributed by atoms with E-state index in [1.165, 1.54) is 0 Å². The molecule has 1 amide bonds. The van der Waals surface area contributed by atoms with Crippen LogP contribution in [-0.4, -0.2) is 30.7 Å². The number of rotatable bonds is 2. The van der Waals surface area contributed by atoms with Crippen LogP contribution in [0.4, 0.5) is 13.2 Å². The maximum atomic E-state index is 13.5. The molecule has 1 aromatic rings. The van der Waals surface area contributed by atoms with E-state index in [1.807, 2.05) is 0 Å². The summed E-state index contributed by atoms with van der Waals surface area (Å²) in [4.78, 5) is 11.9. The van der Waals surface area contributed by atoms with Gasteiger partial charge in [0.25, 0.3) is 5.91 Å². The van der Waals surface area contributed by atoms with E-state index in [9.17, 15) is 18.0 Å². The first-order valence-electron chi connectivity index (χ1n) is 6.32. The molecule has 3 rings (SSSR count). The summed E-state index contributed by atoms with van der Waals surface area (Å²) in [6.45, 7) is 0.578. The van der Waals surface area contributed by atoms with Gasteiger partial charge in [-0.15, -0.1) is 0 Å². The fraction of sp³-hybridized carbons (Fsp3) is 0.462. The highest BCUT2D eigenvalue weighted by molar-refractivity contribution is 5.94. The Bertz CT molecular complexity index is 567. The molecule has 4 atom stereocenters. The normalized spacial score (nSPS) is 31.6. The van der Waals surface area contributed by atoms with E-state index in [-0.39, 0.29) is 18.1 Å². The predicted molar refractivity (Wildman–Crippen MR) is 63.4 cm³/mol. The Morgan fingerprint density at radius 2 is 2.05 bits per heavy atom. The largest absolute Gasteiger partial charge is 0.376 e. The van der Waals surface area contributed by atoms with E-state index in [2.05, 4.69) is 5.32 Å². The molecule has 0 bridgehead atoms. The maximum absolute atomic E-state index is 13.5. The van der Waals surface area contributed by atoms with Gasteiger partial charge in [-0.3, -0.25) is 4.79 Å². The number of fused-ring (bicyclic) bond motifs is 1. The van der Waals surface area contributed by atoms with Crippen molar-refractivity contribution in [3.8, 4) is 0 Å². The zero-order chi connectivity index (χ0) is 14.4. The van der Waals surface area contributed by atoms with Gasteiger partial charge in [0.1, 0.15) is 0 Å². The molecule has 0 aromatic heterocycles. The molecule has 20 heavy (non-hydrogen) atoms. The highest BCUT2D eigenvalue weighted by Crippen LogP contribution is 2.37. The number of ether oxygens (including phenoxy) is 1. The number of amides is 1. The van der Waals surface area contributed by atoms with E-state index in [1.54, 1.807) is 0 Å². The molecular weight excluding hydrogens is 273 g/mol. The molecule has 1 saturated heterocycles. The Balaban J connectivity index is 1.76. The Morgan fingerprint density at radius 3 is 2.80 bits per heavy atom. The number of nitrogens with one attached hydrogen (secondary N) is 1. The SMILES string of the molecule is NC1C2CCOC2C1NC(=O)c1ccc(F)c(F)c1F. The third-order valence-corrected chi connectivity index (χ3v) is 4.02. The summed E-state index contributed by atoms with van der Waals surface area (Å²) < 4.78 is 44.8. The van der Waals surface area contributed by atoms with Crippen LogP contribution in [0.1, 0.15) is 16.8 Å². The molecule has 1 aliphatic carbocycles. The Kier molecular flexibility index (Phi) is 3.18. The van der Waals surface area contributed by atoms with Crippen molar-refractivity contribution in [2.45, 2.75) is 24.6 Å². The molecule has 2 aliphatic rings. The smallest absolute Gasteiger partial charge is 0.254 e. The van der Waals surface area contributed by atoms with Crippen molar-refractivity contribution in [1.29, 1.82) is 0 Å². The van der Waals surface area contributed by atoms with Crippen LogP contribution in [0.2, 0.25) is 0 Å². The van der Waals surface area contributed by atoms with Gasteiger partial charge in [0.05, 0.1) is 17.7 Å². The van der Waals surface area contributed by atoms with Crippen LogP contribution in [-0.2, 0) is 4.74 Å².